The molecule has 4 rings (SSSR count). The van der Waals surface area contributed by atoms with Gasteiger partial charge in [0.1, 0.15) is 5.75 Å². The van der Waals surface area contributed by atoms with Crippen molar-refractivity contribution < 1.29 is 23.8 Å². The molecule has 2 heterocycles. The molecule has 2 aromatic carbocycles. The molecule has 132 valence electrons. The molecule has 26 heavy (non-hydrogen) atoms. The average molecular weight is 369 g/mol. The van der Waals surface area contributed by atoms with Gasteiger partial charge in [-0.05, 0) is 43.0 Å². The van der Waals surface area contributed by atoms with E-state index in [1.54, 1.807) is 42.5 Å². The Bertz CT molecular complexity index is 910. The topological polar surface area (TPSA) is 65.1 Å². The molecule has 7 heteroatoms. The Kier molecular flexibility index (Phi) is 4.30. The normalized spacial score (nSPS) is 17.3. The quantitative estimate of drug-likeness (QED) is 0.758. The molecular weight excluding hydrogens is 354 g/mol. The second-order valence-electron chi connectivity index (χ2n) is 5.53. The highest BCUT2D eigenvalue weighted by atomic mass is 32.2. The molecule has 0 atom stereocenters. The highest BCUT2D eigenvalue weighted by Gasteiger charge is 2.36. The summed E-state index contributed by atoms with van der Waals surface area (Å²) in [5.74, 6) is 1.40. The third kappa shape index (κ3) is 2.90. The van der Waals surface area contributed by atoms with Crippen LogP contribution in [-0.4, -0.2) is 24.5 Å². The second-order valence-corrected chi connectivity index (χ2v) is 6.52. The maximum atomic E-state index is 12.7. The minimum Gasteiger partial charge on any atom is -0.493 e. The molecule has 6 nitrogen and oxygen atoms in total. The second kappa shape index (κ2) is 6.76. The fourth-order valence-electron chi connectivity index (χ4n) is 2.74. The number of imide groups is 1. The molecular formula is C19H15NO5S. The zero-order valence-corrected chi connectivity index (χ0v) is 14.7. The molecule has 1 saturated heterocycles. The number of hydrogen-bond acceptors (Lipinski definition) is 6. The predicted molar refractivity (Wildman–Crippen MR) is 98.6 cm³/mol. The van der Waals surface area contributed by atoms with E-state index in [0.29, 0.717) is 40.0 Å². The lowest BCUT2D eigenvalue weighted by Crippen LogP contribution is -2.27. The van der Waals surface area contributed by atoms with Gasteiger partial charge in [0.25, 0.3) is 11.1 Å². The summed E-state index contributed by atoms with van der Waals surface area (Å²) in [6, 6.07) is 12.3. The smallest absolute Gasteiger partial charge is 0.298 e. The van der Waals surface area contributed by atoms with Gasteiger partial charge in [-0.25, -0.2) is 4.90 Å². The molecule has 0 aromatic heterocycles. The molecule has 2 aliphatic rings. The Balaban J connectivity index is 1.71. The number of nitrogens with zero attached hydrogens (tertiary/aromatic N) is 1. The van der Waals surface area contributed by atoms with Gasteiger partial charge in [-0.2, -0.15) is 0 Å². The first-order valence-electron chi connectivity index (χ1n) is 8.07. The van der Waals surface area contributed by atoms with Crippen LogP contribution in [0, 0.1) is 0 Å². The number of hydrogen-bond donors (Lipinski definition) is 0. The summed E-state index contributed by atoms with van der Waals surface area (Å²) in [7, 11) is 0. The molecule has 2 aliphatic heterocycles. The summed E-state index contributed by atoms with van der Waals surface area (Å²) >= 11 is 0.902. The van der Waals surface area contributed by atoms with E-state index in [1.807, 2.05) is 13.0 Å². The number of benzene rings is 2. The minimum absolute atomic E-state index is 0.148. The van der Waals surface area contributed by atoms with Gasteiger partial charge < -0.3 is 14.2 Å². The third-order valence-corrected chi connectivity index (χ3v) is 4.77. The number of carbonyl (C=O) groups is 2. The van der Waals surface area contributed by atoms with Gasteiger partial charge in [0.15, 0.2) is 11.5 Å². The van der Waals surface area contributed by atoms with Crippen molar-refractivity contribution in [3.63, 3.8) is 0 Å². The fraction of sp³-hybridized carbons (Fsp3) is 0.158. The molecule has 0 radical (unpaired) electrons. The average Bonchev–Trinajstić information content (AvgIpc) is 3.20. The number of para-hydroxylation sites is 1. The summed E-state index contributed by atoms with van der Waals surface area (Å²) in [6.07, 6.45) is 1.65. The number of amides is 2. The van der Waals surface area contributed by atoms with Gasteiger partial charge >= 0.3 is 0 Å². The van der Waals surface area contributed by atoms with Crippen molar-refractivity contribution in [1.82, 2.24) is 0 Å². The number of carbonyl (C=O) groups excluding carboxylic acids is 2. The molecule has 0 bridgehead atoms. The van der Waals surface area contributed by atoms with E-state index in [-0.39, 0.29) is 17.9 Å². The van der Waals surface area contributed by atoms with E-state index in [1.165, 1.54) is 4.90 Å². The number of rotatable bonds is 4. The number of anilines is 1. The standard InChI is InChI=1S/C19H15NO5S/c1-2-23-14-10-16-15(24-11-25-16)8-12(14)9-17-18(21)20(19(22)26-17)13-6-4-3-5-7-13/h3-10H,2,11H2,1H3/b17-9+. The van der Waals surface area contributed by atoms with Gasteiger partial charge in [0.05, 0.1) is 17.2 Å². The first kappa shape index (κ1) is 16.5. The number of fused-ring (bicyclic) bond motifs is 1. The lowest BCUT2D eigenvalue weighted by Gasteiger charge is -2.12. The van der Waals surface area contributed by atoms with Crippen LogP contribution in [0.1, 0.15) is 12.5 Å². The molecule has 0 unspecified atom stereocenters. The highest BCUT2D eigenvalue weighted by molar-refractivity contribution is 8.19. The Morgan fingerprint density at radius 1 is 1.15 bits per heavy atom. The molecule has 0 aliphatic carbocycles. The van der Waals surface area contributed by atoms with Crippen LogP contribution in [0.5, 0.6) is 17.2 Å². The Labute approximate surface area is 154 Å². The summed E-state index contributed by atoms with van der Waals surface area (Å²) in [4.78, 5) is 26.6. The van der Waals surface area contributed by atoms with E-state index in [2.05, 4.69) is 0 Å². The van der Waals surface area contributed by atoms with Crippen LogP contribution in [0.2, 0.25) is 0 Å². The largest absolute Gasteiger partial charge is 0.493 e. The highest BCUT2D eigenvalue weighted by Crippen LogP contribution is 2.41. The van der Waals surface area contributed by atoms with Gasteiger partial charge in [0, 0.05) is 11.6 Å². The van der Waals surface area contributed by atoms with Crippen molar-refractivity contribution in [3.8, 4) is 17.2 Å². The predicted octanol–water partition coefficient (Wildman–Crippen LogP) is 4.05. The van der Waals surface area contributed by atoms with Gasteiger partial charge in [0.2, 0.25) is 6.79 Å². The summed E-state index contributed by atoms with van der Waals surface area (Å²) in [6.45, 7) is 2.48. The molecule has 2 amide bonds. The third-order valence-electron chi connectivity index (χ3n) is 3.90. The van der Waals surface area contributed by atoms with E-state index in [0.717, 1.165) is 11.8 Å². The van der Waals surface area contributed by atoms with Gasteiger partial charge in [-0.1, -0.05) is 18.2 Å². The SMILES string of the molecule is CCOc1cc2c(cc1/C=C1/SC(=O)N(c3ccccc3)C1=O)OCO2. The minimum atomic E-state index is -0.355. The lowest BCUT2D eigenvalue weighted by atomic mass is 10.1. The van der Waals surface area contributed by atoms with Gasteiger partial charge in [-0.3, -0.25) is 9.59 Å². The van der Waals surface area contributed by atoms with Crippen LogP contribution in [0.4, 0.5) is 10.5 Å². The van der Waals surface area contributed by atoms with Crippen molar-refractivity contribution in [1.29, 1.82) is 0 Å². The maximum Gasteiger partial charge on any atom is 0.298 e. The van der Waals surface area contributed by atoms with Crippen molar-refractivity contribution >= 4 is 34.7 Å². The Morgan fingerprint density at radius 3 is 2.62 bits per heavy atom. The van der Waals surface area contributed by atoms with Crippen LogP contribution < -0.4 is 19.1 Å². The van der Waals surface area contributed by atoms with Crippen LogP contribution in [0.15, 0.2) is 47.4 Å². The number of ether oxygens (including phenoxy) is 3. The van der Waals surface area contributed by atoms with Crippen LogP contribution in [0.25, 0.3) is 6.08 Å². The summed E-state index contributed by atoms with van der Waals surface area (Å²) in [5, 5.41) is -0.328. The molecule has 0 N–H and O–H groups in total. The van der Waals surface area contributed by atoms with Crippen LogP contribution >= 0.6 is 11.8 Å². The first-order chi connectivity index (χ1) is 12.7. The first-order valence-corrected chi connectivity index (χ1v) is 8.88. The zero-order valence-electron chi connectivity index (χ0n) is 13.9. The van der Waals surface area contributed by atoms with E-state index >= 15 is 0 Å². The molecule has 0 saturated carbocycles. The van der Waals surface area contributed by atoms with E-state index < -0.39 is 0 Å². The van der Waals surface area contributed by atoms with Crippen LogP contribution in [0.3, 0.4) is 0 Å². The number of thioether (sulfide) groups is 1. The lowest BCUT2D eigenvalue weighted by molar-refractivity contribution is -0.113. The molecule has 1 fully saturated rings. The van der Waals surface area contributed by atoms with Crippen molar-refractivity contribution in [3.05, 3.63) is 52.9 Å². The molecule has 0 spiro atoms. The Morgan fingerprint density at radius 2 is 1.88 bits per heavy atom. The summed E-state index contributed by atoms with van der Waals surface area (Å²) < 4.78 is 16.4. The van der Waals surface area contributed by atoms with Crippen molar-refractivity contribution in [2.24, 2.45) is 0 Å². The zero-order chi connectivity index (χ0) is 18.1. The Hall–Kier alpha value is -2.93. The maximum absolute atomic E-state index is 12.7. The van der Waals surface area contributed by atoms with Crippen molar-refractivity contribution in [2.45, 2.75) is 6.92 Å². The van der Waals surface area contributed by atoms with Crippen LogP contribution in [-0.2, 0) is 4.79 Å². The monoisotopic (exact) mass is 369 g/mol. The van der Waals surface area contributed by atoms with E-state index in [4.69, 9.17) is 14.2 Å². The van der Waals surface area contributed by atoms with Gasteiger partial charge in [-0.15, -0.1) is 0 Å². The molecule has 2 aromatic rings. The van der Waals surface area contributed by atoms with Crippen molar-refractivity contribution in [2.75, 3.05) is 18.3 Å². The summed E-state index contributed by atoms with van der Waals surface area (Å²) in [5.41, 5.74) is 1.21. The fourth-order valence-corrected chi connectivity index (χ4v) is 3.57. The van der Waals surface area contributed by atoms with E-state index in [9.17, 15) is 9.59 Å².